The lowest BCUT2D eigenvalue weighted by Crippen LogP contribution is -2.31. The molecule has 92 valence electrons. The van der Waals surface area contributed by atoms with Crippen LogP contribution in [0.15, 0.2) is 4.63 Å². The van der Waals surface area contributed by atoms with Gasteiger partial charge < -0.3 is 11.1 Å². The van der Waals surface area contributed by atoms with Gasteiger partial charge in [-0.3, -0.25) is 4.79 Å². The van der Waals surface area contributed by atoms with Crippen LogP contribution in [-0.2, 0) is 0 Å². The molecule has 0 aromatic carbocycles. The zero-order valence-corrected chi connectivity index (χ0v) is 9.56. The number of anilines is 1. The van der Waals surface area contributed by atoms with Crippen LogP contribution in [0.3, 0.4) is 0 Å². The molecule has 2 saturated carbocycles. The van der Waals surface area contributed by atoms with Crippen molar-refractivity contribution < 1.29 is 9.42 Å². The number of nitrogens with two attached hydrogens (primary N) is 1. The summed E-state index contributed by atoms with van der Waals surface area (Å²) < 4.78 is 4.41. The van der Waals surface area contributed by atoms with Crippen LogP contribution in [0.1, 0.15) is 36.2 Å². The molecular weight excluding hydrogens is 220 g/mol. The molecule has 0 spiro atoms. The van der Waals surface area contributed by atoms with Gasteiger partial charge in [0.15, 0.2) is 0 Å². The zero-order valence-electron chi connectivity index (χ0n) is 9.56. The minimum absolute atomic E-state index is 0.0527. The Morgan fingerprint density at radius 1 is 1.35 bits per heavy atom. The maximum Gasteiger partial charge on any atom is 0.277 e. The van der Waals surface area contributed by atoms with E-state index in [-0.39, 0.29) is 17.4 Å². The summed E-state index contributed by atoms with van der Waals surface area (Å²) in [6.45, 7) is 0.723. The summed E-state index contributed by atoms with van der Waals surface area (Å²) in [6.07, 6.45) is 5.24. The largest absolute Gasteiger partial charge is 0.379 e. The molecule has 3 N–H and O–H groups in total. The molecule has 3 rings (SSSR count). The Morgan fingerprint density at radius 2 is 2.00 bits per heavy atom. The van der Waals surface area contributed by atoms with Gasteiger partial charge in [-0.15, -0.1) is 0 Å². The molecule has 1 aromatic rings. The number of aromatic nitrogens is 2. The number of nitrogens with zero attached hydrogens (tertiary/aromatic N) is 2. The Hall–Kier alpha value is -1.59. The van der Waals surface area contributed by atoms with Crippen LogP contribution in [0, 0.1) is 17.8 Å². The van der Waals surface area contributed by atoms with E-state index in [1.54, 1.807) is 0 Å². The van der Waals surface area contributed by atoms with Crippen molar-refractivity contribution in [2.24, 2.45) is 17.8 Å². The third-order valence-electron chi connectivity index (χ3n) is 3.68. The van der Waals surface area contributed by atoms with Crippen LogP contribution in [0.2, 0.25) is 0 Å². The standard InChI is InChI=1S/C11H16N4O2/c12-10-9(14-17-15-10)11(16)13-5-8(6-1-2-6)7-3-4-7/h6-8H,1-5H2,(H2,12,15)(H,13,16). The second-order valence-electron chi connectivity index (χ2n) is 5.05. The molecular formula is C11H16N4O2. The van der Waals surface area contributed by atoms with Gasteiger partial charge in [0.1, 0.15) is 0 Å². The second kappa shape index (κ2) is 4.01. The van der Waals surface area contributed by atoms with Gasteiger partial charge >= 0.3 is 0 Å². The van der Waals surface area contributed by atoms with Crippen LogP contribution in [0.5, 0.6) is 0 Å². The highest BCUT2D eigenvalue weighted by molar-refractivity contribution is 5.95. The van der Waals surface area contributed by atoms with E-state index in [4.69, 9.17) is 5.73 Å². The van der Waals surface area contributed by atoms with Crippen molar-refractivity contribution in [3.8, 4) is 0 Å². The van der Waals surface area contributed by atoms with Crippen LogP contribution < -0.4 is 11.1 Å². The quantitative estimate of drug-likeness (QED) is 0.789. The molecule has 0 aliphatic heterocycles. The first-order valence-electron chi connectivity index (χ1n) is 6.12. The number of nitrogens with one attached hydrogen (secondary N) is 1. The molecule has 0 atom stereocenters. The molecule has 1 amide bonds. The fourth-order valence-electron chi connectivity index (χ4n) is 2.41. The van der Waals surface area contributed by atoms with Crippen molar-refractivity contribution in [1.29, 1.82) is 0 Å². The summed E-state index contributed by atoms with van der Waals surface area (Å²) in [4.78, 5) is 11.8. The van der Waals surface area contributed by atoms with Crippen molar-refractivity contribution in [2.45, 2.75) is 25.7 Å². The van der Waals surface area contributed by atoms with E-state index in [1.165, 1.54) is 25.7 Å². The number of hydrogen-bond donors (Lipinski definition) is 2. The highest BCUT2D eigenvalue weighted by atomic mass is 16.6. The Balaban J connectivity index is 1.56. The van der Waals surface area contributed by atoms with Gasteiger partial charge in [-0.2, -0.15) is 0 Å². The smallest absolute Gasteiger partial charge is 0.277 e. The van der Waals surface area contributed by atoms with Gasteiger partial charge in [0.25, 0.3) is 5.91 Å². The lowest BCUT2D eigenvalue weighted by atomic mass is 9.98. The van der Waals surface area contributed by atoms with Crippen molar-refractivity contribution >= 4 is 11.7 Å². The Labute approximate surface area is 98.9 Å². The minimum Gasteiger partial charge on any atom is -0.379 e. The third-order valence-corrected chi connectivity index (χ3v) is 3.68. The molecule has 2 aliphatic carbocycles. The summed E-state index contributed by atoms with van der Waals surface area (Å²) >= 11 is 0. The average Bonchev–Trinajstić information content (AvgIpc) is 3.20. The molecule has 17 heavy (non-hydrogen) atoms. The number of rotatable bonds is 5. The number of nitrogen functional groups attached to an aromatic ring is 1. The SMILES string of the molecule is Nc1nonc1C(=O)NCC(C1CC1)C1CC1. The van der Waals surface area contributed by atoms with Crippen molar-refractivity contribution in [3.63, 3.8) is 0 Å². The zero-order chi connectivity index (χ0) is 11.8. The summed E-state index contributed by atoms with van der Waals surface area (Å²) in [5.74, 6) is 2.04. The first-order valence-corrected chi connectivity index (χ1v) is 6.12. The first-order chi connectivity index (χ1) is 8.25. The average molecular weight is 236 g/mol. The molecule has 6 heteroatoms. The van der Waals surface area contributed by atoms with Crippen LogP contribution in [0.4, 0.5) is 5.82 Å². The second-order valence-corrected chi connectivity index (χ2v) is 5.05. The monoisotopic (exact) mass is 236 g/mol. The number of carbonyl (C=O) groups excluding carboxylic acids is 1. The highest BCUT2D eigenvalue weighted by Crippen LogP contribution is 2.48. The molecule has 0 bridgehead atoms. The predicted molar refractivity (Wildman–Crippen MR) is 60.0 cm³/mol. The van der Waals surface area contributed by atoms with E-state index in [0.29, 0.717) is 5.92 Å². The van der Waals surface area contributed by atoms with Gasteiger partial charge in [0, 0.05) is 6.54 Å². The molecule has 0 unspecified atom stereocenters. The Morgan fingerprint density at radius 3 is 2.47 bits per heavy atom. The van der Waals surface area contributed by atoms with Crippen LogP contribution in [-0.4, -0.2) is 22.8 Å². The lowest BCUT2D eigenvalue weighted by Gasteiger charge is -2.15. The molecule has 1 aromatic heterocycles. The normalized spacial score (nSPS) is 19.6. The Kier molecular flexibility index (Phi) is 2.49. The molecule has 1 heterocycles. The summed E-state index contributed by atoms with van der Waals surface area (Å²) in [5, 5.41) is 9.77. The highest BCUT2D eigenvalue weighted by Gasteiger charge is 2.41. The van der Waals surface area contributed by atoms with Crippen LogP contribution >= 0.6 is 0 Å². The van der Waals surface area contributed by atoms with E-state index in [1.807, 2.05) is 0 Å². The van der Waals surface area contributed by atoms with Gasteiger partial charge in [0.05, 0.1) is 0 Å². The molecule has 2 aliphatic rings. The van der Waals surface area contributed by atoms with Crippen molar-refractivity contribution in [2.75, 3.05) is 12.3 Å². The van der Waals surface area contributed by atoms with Gasteiger partial charge in [-0.1, -0.05) is 0 Å². The maximum atomic E-state index is 11.8. The molecule has 6 nitrogen and oxygen atoms in total. The third kappa shape index (κ3) is 2.25. The fraction of sp³-hybridized carbons (Fsp3) is 0.727. The van der Waals surface area contributed by atoms with E-state index < -0.39 is 0 Å². The lowest BCUT2D eigenvalue weighted by molar-refractivity contribution is 0.0934. The molecule has 0 radical (unpaired) electrons. The van der Waals surface area contributed by atoms with Gasteiger partial charge in [0.2, 0.25) is 11.5 Å². The van der Waals surface area contributed by atoms with E-state index in [2.05, 4.69) is 20.3 Å². The minimum atomic E-state index is -0.282. The number of amides is 1. The maximum absolute atomic E-state index is 11.8. The molecule has 0 saturated heterocycles. The van der Waals surface area contributed by atoms with E-state index in [0.717, 1.165) is 18.4 Å². The topological polar surface area (TPSA) is 94.0 Å². The number of carbonyl (C=O) groups is 1. The van der Waals surface area contributed by atoms with Crippen molar-refractivity contribution in [1.82, 2.24) is 15.6 Å². The van der Waals surface area contributed by atoms with E-state index >= 15 is 0 Å². The fourth-order valence-corrected chi connectivity index (χ4v) is 2.41. The van der Waals surface area contributed by atoms with Crippen LogP contribution in [0.25, 0.3) is 0 Å². The summed E-state index contributed by atoms with van der Waals surface area (Å²) in [5.41, 5.74) is 5.56. The number of hydrogen-bond acceptors (Lipinski definition) is 5. The summed E-state index contributed by atoms with van der Waals surface area (Å²) in [6, 6.07) is 0. The first kappa shape index (κ1) is 10.6. The molecule has 2 fully saturated rings. The van der Waals surface area contributed by atoms with Gasteiger partial charge in [-0.05, 0) is 53.8 Å². The summed E-state index contributed by atoms with van der Waals surface area (Å²) in [7, 11) is 0. The Bertz CT molecular complexity index is 411. The predicted octanol–water partition coefficient (Wildman–Crippen LogP) is 0.818. The van der Waals surface area contributed by atoms with Crippen molar-refractivity contribution in [3.05, 3.63) is 5.69 Å². The van der Waals surface area contributed by atoms with Gasteiger partial charge in [-0.25, -0.2) is 4.63 Å². The van der Waals surface area contributed by atoms with E-state index in [9.17, 15) is 4.79 Å².